The van der Waals surface area contributed by atoms with Crippen molar-refractivity contribution in [3.63, 3.8) is 0 Å². The number of hydrogen-bond donors (Lipinski definition) is 1. The fourth-order valence-electron chi connectivity index (χ4n) is 3.15. The lowest BCUT2D eigenvalue weighted by Crippen LogP contribution is -2.45. The smallest absolute Gasteiger partial charge is 0.276 e. The van der Waals surface area contributed by atoms with Crippen LogP contribution in [0.5, 0.6) is 0 Å². The molecule has 0 bridgehead atoms. The zero-order valence-corrected chi connectivity index (χ0v) is 15.2. The average Bonchev–Trinajstić information content (AvgIpc) is 3.03. The topological polar surface area (TPSA) is 69.8 Å². The summed E-state index contributed by atoms with van der Waals surface area (Å²) >= 11 is 6.22. The van der Waals surface area contributed by atoms with Crippen LogP contribution in [0.1, 0.15) is 34.7 Å². The predicted molar refractivity (Wildman–Crippen MR) is 94.4 cm³/mol. The minimum Gasteiger partial charge on any atom is -0.385 e. The van der Waals surface area contributed by atoms with E-state index in [1.807, 2.05) is 37.2 Å². The van der Waals surface area contributed by atoms with Crippen LogP contribution in [0.3, 0.4) is 0 Å². The molecule has 25 heavy (non-hydrogen) atoms. The number of carbonyl (C=O) groups excluding carboxylic acids is 1. The summed E-state index contributed by atoms with van der Waals surface area (Å²) in [5.41, 5.74) is 0.0215. The normalized spacial score (nSPS) is 17.1. The molecule has 134 valence electrons. The highest BCUT2D eigenvalue weighted by atomic mass is 35.5. The van der Waals surface area contributed by atoms with Gasteiger partial charge in [0.2, 0.25) is 0 Å². The quantitative estimate of drug-likeness (QED) is 0.903. The van der Waals surface area contributed by atoms with Gasteiger partial charge in [-0.25, -0.2) is 0 Å². The molecule has 2 heterocycles. The molecular formula is C18H22ClN3O3. The number of carbonyl (C=O) groups is 1. The molecule has 0 radical (unpaired) electrons. The molecule has 0 aliphatic carbocycles. The number of nitrogens with zero attached hydrogens (tertiary/aromatic N) is 3. The predicted octanol–water partition coefficient (Wildman–Crippen LogP) is 2.51. The monoisotopic (exact) mass is 363 g/mol. The minimum absolute atomic E-state index is 0.171. The molecule has 7 heteroatoms. The third kappa shape index (κ3) is 3.86. The van der Waals surface area contributed by atoms with Crippen molar-refractivity contribution in [2.45, 2.75) is 25.0 Å². The van der Waals surface area contributed by atoms with Gasteiger partial charge in [-0.05, 0) is 33.0 Å². The van der Waals surface area contributed by atoms with E-state index in [-0.39, 0.29) is 5.91 Å². The molecule has 1 saturated heterocycles. The number of benzene rings is 1. The van der Waals surface area contributed by atoms with Crippen molar-refractivity contribution in [2.24, 2.45) is 0 Å². The van der Waals surface area contributed by atoms with Crippen molar-refractivity contribution >= 4 is 17.5 Å². The number of halogens is 1. The first kappa shape index (κ1) is 17.9. The van der Waals surface area contributed by atoms with Crippen molar-refractivity contribution in [1.29, 1.82) is 0 Å². The zero-order chi connectivity index (χ0) is 18.0. The summed E-state index contributed by atoms with van der Waals surface area (Å²) in [4.78, 5) is 16.2. The van der Waals surface area contributed by atoms with Crippen LogP contribution in [0.15, 0.2) is 34.9 Å². The highest BCUT2D eigenvalue weighted by Crippen LogP contribution is 2.36. The first-order valence-corrected chi connectivity index (χ1v) is 8.64. The van der Waals surface area contributed by atoms with Gasteiger partial charge in [0.25, 0.3) is 5.91 Å². The van der Waals surface area contributed by atoms with E-state index in [0.717, 1.165) is 5.56 Å². The molecule has 1 aromatic carbocycles. The van der Waals surface area contributed by atoms with Crippen LogP contribution in [0.2, 0.25) is 5.02 Å². The van der Waals surface area contributed by atoms with E-state index in [9.17, 15) is 9.90 Å². The highest BCUT2D eigenvalue weighted by molar-refractivity contribution is 6.31. The molecule has 1 N–H and O–H groups in total. The summed E-state index contributed by atoms with van der Waals surface area (Å²) < 4.78 is 5.21. The van der Waals surface area contributed by atoms with Gasteiger partial charge in [-0.3, -0.25) is 4.79 Å². The first-order valence-electron chi connectivity index (χ1n) is 8.26. The van der Waals surface area contributed by atoms with Gasteiger partial charge in [-0.1, -0.05) is 35.0 Å². The summed E-state index contributed by atoms with van der Waals surface area (Å²) in [6.07, 6.45) is 0.871. The van der Waals surface area contributed by atoms with Crippen LogP contribution >= 0.6 is 11.6 Å². The summed E-state index contributed by atoms with van der Waals surface area (Å²) in [5, 5.41) is 15.4. The fraction of sp³-hybridized carbons (Fsp3) is 0.444. The Kier molecular flexibility index (Phi) is 5.13. The van der Waals surface area contributed by atoms with Gasteiger partial charge < -0.3 is 19.4 Å². The molecule has 2 aromatic rings. The zero-order valence-electron chi connectivity index (χ0n) is 14.4. The van der Waals surface area contributed by atoms with Crippen molar-refractivity contribution < 1.29 is 14.4 Å². The second kappa shape index (κ2) is 7.15. The molecule has 3 rings (SSSR count). The maximum Gasteiger partial charge on any atom is 0.276 e. The maximum atomic E-state index is 12.6. The van der Waals surface area contributed by atoms with Crippen molar-refractivity contribution in [2.75, 3.05) is 27.2 Å². The largest absolute Gasteiger partial charge is 0.385 e. The Labute approximate surface area is 152 Å². The Bertz CT molecular complexity index is 752. The van der Waals surface area contributed by atoms with E-state index in [1.54, 1.807) is 17.0 Å². The third-order valence-electron chi connectivity index (χ3n) is 4.50. The van der Waals surface area contributed by atoms with E-state index in [0.29, 0.717) is 49.0 Å². The van der Waals surface area contributed by atoms with Gasteiger partial charge in [-0.15, -0.1) is 0 Å². The molecule has 1 aliphatic rings. The molecule has 1 fully saturated rings. The lowest BCUT2D eigenvalue weighted by molar-refractivity contribution is -0.0212. The second-order valence-corrected chi connectivity index (χ2v) is 7.13. The van der Waals surface area contributed by atoms with Crippen LogP contribution in [0, 0.1) is 0 Å². The first-order chi connectivity index (χ1) is 11.9. The molecule has 0 saturated carbocycles. The summed E-state index contributed by atoms with van der Waals surface area (Å²) in [6, 6.07) is 8.98. The number of piperidine rings is 1. The second-order valence-electron chi connectivity index (χ2n) is 6.72. The molecule has 6 nitrogen and oxygen atoms in total. The van der Waals surface area contributed by atoms with Gasteiger partial charge in [0.15, 0.2) is 11.5 Å². The Hall–Kier alpha value is -1.89. The third-order valence-corrected chi connectivity index (χ3v) is 4.83. The van der Waals surface area contributed by atoms with Crippen LogP contribution in [-0.2, 0) is 12.1 Å². The number of amides is 1. The Morgan fingerprint density at radius 3 is 2.68 bits per heavy atom. The van der Waals surface area contributed by atoms with Gasteiger partial charge in [0.1, 0.15) is 0 Å². The molecule has 1 amide bonds. The fourth-order valence-corrected chi connectivity index (χ4v) is 3.46. The molecule has 0 atom stereocenters. The van der Waals surface area contributed by atoms with Crippen LogP contribution in [-0.4, -0.2) is 53.2 Å². The van der Waals surface area contributed by atoms with Crippen molar-refractivity contribution in [1.82, 2.24) is 15.0 Å². The van der Waals surface area contributed by atoms with Crippen LogP contribution in [0.4, 0.5) is 0 Å². The molecule has 1 aromatic heterocycles. The van der Waals surface area contributed by atoms with E-state index < -0.39 is 5.60 Å². The molecule has 1 aliphatic heterocycles. The summed E-state index contributed by atoms with van der Waals surface area (Å²) in [5.74, 6) is 0.480. The highest BCUT2D eigenvalue weighted by Gasteiger charge is 2.37. The van der Waals surface area contributed by atoms with Crippen molar-refractivity contribution in [3.8, 4) is 0 Å². The molecule has 0 spiro atoms. The lowest BCUT2D eigenvalue weighted by atomic mass is 9.84. The van der Waals surface area contributed by atoms with E-state index in [1.165, 1.54) is 0 Å². The van der Waals surface area contributed by atoms with E-state index >= 15 is 0 Å². The van der Waals surface area contributed by atoms with E-state index in [2.05, 4.69) is 5.16 Å². The number of rotatable bonds is 4. The maximum absolute atomic E-state index is 12.6. The Balaban J connectivity index is 1.66. The van der Waals surface area contributed by atoms with Gasteiger partial charge in [0, 0.05) is 29.7 Å². The van der Waals surface area contributed by atoms with Crippen LogP contribution < -0.4 is 0 Å². The van der Waals surface area contributed by atoms with E-state index in [4.69, 9.17) is 16.1 Å². The summed E-state index contributed by atoms with van der Waals surface area (Å²) in [7, 11) is 3.84. The standard InChI is InChI=1S/C18H22ClN3O3/c1-21(2)12-13-11-16(20-25-13)17(23)22-9-7-18(24,8-10-22)14-5-3-4-6-15(14)19/h3-6,11,24H,7-10,12H2,1-2H3. The van der Waals surface area contributed by atoms with Gasteiger partial charge >= 0.3 is 0 Å². The molecule has 0 unspecified atom stereocenters. The number of aromatic nitrogens is 1. The SMILES string of the molecule is CN(C)Cc1cc(C(=O)N2CCC(O)(c3ccccc3Cl)CC2)no1. The minimum atomic E-state index is -1.00. The van der Waals surface area contributed by atoms with Crippen molar-refractivity contribution in [3.05, 3.63) is 52.4 Å². The van der Waals surface area contributed by atoms with Gasteiger partial charge in [0.05, 0.1) is 12.1 Å². The molecular weight excluding hydrogens is 342 g/mol. The van der Waals surface area contributed by atoms with Crippen LogP contribution in [0.25, 0.3) is 0 Å². The number of likely N-dealkylation sites (tertiary alicyclic amines) is 1. The number of aliphatic hydroxyl groups is 1. The number of hydrogen-bond acceptors (Lipinski definition) is 5. The average molecular weight is 364 g/mol. The summed E-state index contributed by atoms with van der Waals surface area (Å²) in [6.45, 7) is 1.47. The van der Waals surface area contributed by atoms with Gasteiger partial charge in [-0.2, -0.15) is 0 Å². The Morgan fingerprint density at radius 2 is 2.04 bits per heavy atom. The lowest BCUT2D eigenvalue weighted by Gasteiger charge is -2.38. The Morgan fingerprint density at radius 1 is 1.36 bits per heavy atom.